The van der Waals surface area contributed by atoms with Crippen LogP contribution in [-0.4, -0.2) is 14.0 Å². The van der Waals surface area contributed by atoms with Crippen molar-refractivity contribution in [3.8, 4) is 11.3 Å². The second-order valence-electron chi connectivity index (χ2n) is 4.98. The zero-order valence-electron chi connectivity index (χ0n) is 10.2. The van der Waals surface area contributed by atoms with Crippen molar-refractivity contribution in [1.82, 2.24) is 14.0 Å². The van der Waals surface area contributed by atoms with Gasteiger partial charge in [0.2, 0.25) is 0 Å². The number of pyridine rings is 2. The molecular formula is C15H11N4+. The minimum atomic E-state index is 0.934. The Bertz CT molecular complexity index is 945. The van der Waals surface area contributed by atoms with Gasteiger partial charge in [0, 0.05) is 23.5 Å². The first-order chi connectivity index (χ1) is 9.42. The maximum absolute atomic E-state index is 4.27. The maximum atomic E-state index is 4.27. The van der Waals surface area contributed by atoms with Gasteiger partial charge in [0.05, 0.1) is 12.7 Å². The lowest BCUT2D eigenvalue weighted by Crippen LogP contribution is -2.15. The van der Waals surface area contributed by atoms with Gasteiger partial charge >= 0.3 is 0 Å². The van der Waals surface area contributed by atoms with E-state index in [0.717, 1.165) is 6.54 Å². The number of hydrogen-bond donors (Lipinski definition) is 0. The summed E-state index contributed by atoms with van der Waals surface area (Å²) in [5.74, 6) is 0. The van der Waals surface area contributed by atoms with Crippen LogP contribution in [-0.2, 0) is 6.54 Å². The van der Waals surface area contributed by atoms with Crippen molar-refractivity contribution in [1.29, 1.82) is 0 Å². The number of imidazole rings is 2. The molecule has 0 saturated heterocycles. The van der Waals surface area contributed by atoms with Crippen LogP contribution in [0.25, 0.3) is 22.4 Å². The molecule has 0 aromatic carbocycles. The molecule has 4 aromatic rings. The lowest BCUT2D eigenvalue weighted by Gasteiger charge is -1.93. The van der Waals surface area contributed by atoms with E-state index in [2.05, 4.69) is 61.3 Å². The fraction of sp³-hybridized carbons (Fsp3) is 0.0667. The third-order valence-electron chi connectivity index (χ3n) is 3.91. The second kappa shape index (κ2) is 3.03. The molecule has 5 rings (SSSR count). The Kier molecular flexibility index (Phi) is 1.49. The van der Waals surface area contributed by atoms with Gasteiger partial charge in [-0.05, 0) is 18.2 Å². The summed E-state index contributed by atoms with van der Waals surface area (Å²) < 4.78 is 6.72. The van der Waals surface area contributed by atoms with E-state index in [9.17, 15) is 0 Å². The van der Waals surface area contributed by atoms with E-state index in [1.807, 2.05) is 12.4 Å². The van der Waals surface area contributed by atoms with Gasteiger partial charge < -0.3 is 0 Å². The summed E-state index contributed by atoms with van der Waals surface area (Å²) in [5, 5.41) is 0. The highest BCUT2D eigenvalue weighted by Crippen LogP contribution is 2.33. The SMILES string of the molecule is c1ccn2c(c1)c[n+]1cn3c(c21)-c1cnccc1C3. The van der Waals surface area contributed by atoms with E-state index >= 15 is 0 Å². The number of aromatic nitrogens is 4. The number of hydrogen-bond acceptors (Lipinski definition) is 1. The summed E-state index contributed by atoms with van der Waals surface area (Å²) in [5.41, 5.74) is 6.27. The highest BCUT2D eigenvalue weighted by Gasteiger charge is 2.29. The van der Waals surface area contributed by atoms with Crippen molar-refractivity contribution in [2.24, 2.45) is 0 Å². The van der Waals surface area contributed by atoms with Gasteiger partial charge in [-0.1, -0.05) is 6.07 Å². The predicted molar refractivity (Wildman–Crippen MR) is 70.9 cm³/mol. The molecule has 0 amide bonds. The summed E-state index contributed by atoms with van der Waals surface area (Å²) in [4.78, 5) is 4.27. The van der Waals surface area contributed by atoms with E-state index in [1.165, 1.54) is 28.0 Å². The molecule has 0 N–H and O–H groups in total. The van der Waals surface area contributed by atoms with Crippen molar-refractivity contribution < 1.29 is 4.40 Å². The van der Waals surface area contributed by atoms with Crippen LogP contribution in [0.3, 0.4) is 0 Å². The number of nitrogens with zero attached hydrogens (tertiary/aromatic N) is 4. The Labute approximate surface area is 109 Å². The van der Waals surface area contributed by atoms with Gasteiger partial charge in [0.25, 0.3) is 5.65 Å². The Morgan fingerprint density at radius 3 is 3.21 bits per heavy atom. The Morgan fingerprint density at radius 2 is 2.21 bits per heavy atom. The molecule has 4 aromatic heterocycles. The van der Waals surface area contributed by atoms with Crippen LogP contribution >= 0.6 is 0 Å². The van der Waals surface area contributed by atoms with Crippen molar-refractivity contribution in [3.05, 3.63) is 60.9 Å². The first-order valence-corrected chi connectivity index (χ1v) is 6.35. The molecule has 0 fully saturated rings. The summed E-state index contributed by atoms with van der Waals surface area (Å²) in [7, 11) is 0. The second-order valence-corrected chi connectivity index (χ2v) is 4.98. The largest absolute Gasteiger partial charge is 0.278 e. The quantitative estimate of drug-likeness (QED) is 0.384. The fourth-order valence-corrected chi connectivity index (χ4v) is 3.10. The molecule has 4 heteroatoms. The summed E-state index contributed by atoms with van der Waals surface area (Å²) >= 11 is 0. The van der Waals surface area contributed by atoms with Gasteiger partial charge in [0.15, 0.2) is 12.0 Å². The molecule has 1 aliphatic rings. The molecule has 0 bridgehead atoms. The molecule has 19 heavy (non-hydrogen) atoms. The number of fused-ring (bicyclic) bond motifs is 7. The smallest absolute Gasteiger partial charge is 0.264 e. The average molecular weight is 247 g/mol. The molecule has 0 saturated carbocycles. The highest BCUT2D eigenvalue weighted by molar-refractivity contribution is 5.78. The predicted octanol–water partition coefficient (Wildman–Crippen LogP) is 1.90. The van der Waals surface area contributed by atoms with Gasteiger partial charge in [-0.15, -0.1) is 0 Å². The third kappa shape index (κ3) is 1.04. The molecule has 5 heterocycles. The molecular weight excluding hydrogens is 236 g/mol. The van der Waals surface area contributed by atoms with E-state index in [-0.39, 0.29) is 0 Å². The first kappa shape index (κ1) is 9.33. The molecule has 0 aliphatic carbocycles. The van der Waals surface area contributed by atoms with Crippen LogP contribution in [0.4, 0.5) is 0 Å². The van der Waals surface area contributed by atoms with E-state index in [1.54, 1.807) is 0 Å². The molecule has 90 valence electrons. The maximum Gasteiger partial charge on any atom is 0.278 e. The third-order valence-corrected chi connectivity index (χ3v) is 3.91. The van der Waals surface area contributed by atoms with Gasteiger partial charge in [-0.3, -0.25) is 9.55 Å². The fourth-order valence-electron chi connectivity index (χ4n) is 3.10. The lowest BCUT2D eigenvalue weighted by molar-refractivity contribution is -0.509. The van der Waals surface area contributed by atoms with Gasteiger partial charge in [-0.2, -0.15) is 0 Å². The highest BCUT2D eigenvalue weighted by atomic mass is 15.2. The van der Waals surface area contributed by atoms with Crippen LogP contribution in [0.15, 0.2) is 55.4 Å². The normalized spacial score (nSPS) is 13.1. The minimum Gasteiger partial charge on any atom is -0.264 e. The zero-order chi connectivity index (χ0) is 12.4. The van der Waals surface area contributed by atoms with Crippen molar-refractivity contribution in [2.75, 3.05) is 0 Å². The van der Waals surface area contributed by atoms with Gasteiger partial charge in [-0.25, -0.2) is 8.80 Å². The minimum absolute atomic E-state index is 0.934. The summed E-state index contributed by atoms with van der Waals surface area (Å²) in [6.45, 7) is 0.934. The van der Waals surface area contributed by atoms with E-state index in [4.69, 9.17) is 0 Å². The van der Waals surface area contributed by atoms with Crippen LogP contribution in [0.2, 0.25) is 0 Å². The number of rotatable bonds is 0. The Balaban J connectivity index is 2.00. The summed E-state index contributed by atoms with van der Waals surface area (Å²) in [6, 6.07) is 8.37. The van der Waals surface area contributed by atoms with Crippen molar-refractivity contribution in [2.45, 2.75) is 6.54 Å². The molecule has 0 unspecified atom stereocenters. The van der Waals surface area contributed by atoms with Crippen LogP contribution < -0.4 is 4.40 Å². The standard InChI is InChI=1S/C15H11N4/c1-2-6-19-12(3-1)9-18-10-17-8-11-4-5-16-7-13(11)14(17)15(18)19/h1-7,9-10H,8H2/q+1. The monoisotopic (exact) mass is 247 g/mol. The Hall–Kier alpha value is -2.62. The van der Waals surface area contributed by atoms with Crippen LogP contribution in [0, 0.1) is 0 Å². The topological polar surface area (TPSA) is 26.3 Å². The molecule has 0 spiro atoms. The van der Waals surface area contributed by atoms with Crippen LogP contribution in [0.5, 0.6) is 0 Å². The van der Waals surface area contributed by atoms with Crippen molar-refractivity contribution >= 4 is 11.2 Å². The van der Waals surface area contributed by atoms with E-state index < -0.39 is 0 Å². The zero-order valence-corrected chi connectivity index (χ0v) is 10.2. The Morgan fingerprint density at radius 1 is 1.21 bits per heavy atom. The average Bonchev–Trinajstić information content (AvgIpc) is 3.04. The molecule has 0 radical (unpaired) electrons. The van der Waals surface area contributed by atoms with Crippen LogP contribution in [0.1, 0.15) is 5.56 Å². The summed E-state index contributed by atoms with van der Waals surface area (Å²) in [6.07, 6.45) is 10.3. The molecule has 1 aliphatic heterocycles. The van der Waals surface area contributed by atoms with Crippen molar-refractivity contribution in [3.63, 3.8) is 0 Å². The molecule has 0 atom stereocenters. The van der Waals surface area contributed by atoms with E-state index in [0.29, 0.717) is 0 Å². The first-order valence-electron chi connectivity index (χ1n) is 6.35. The van der Waals surface area contributed by atoms with Gasteiger partial charge in [0.1, 0.15) is 11.7 Å². The molecule has 4 nitrogen and oxygen atoms in total. The lowest BCUT2D eigenvalue weighted by atomic mass is 10.1.